The maximum Gasteiger partial charge on any atom is 0.256 e. The van der Waals surface area contributed by atoms with E-state index < -0.39 is 5.82 Å². The number of carbonyl (C=O) groups is 1. The molecule has 1 fully saturated rings. The van der Waals surface area contributed by atoms with E-state index in [4.69, 9.17) is 4.74 Å². The molecule has 2 aromatic carbocycles. The zero-order valence-corrected chi connectivity index (χ0v) is 19.3. The van der Waals surface area contributed by atoms with Crippen molar-refractivity contribution in [3.63, 3.8) is 0 Å². The van der Waals surface area contributed by atoms with Crippen molar-refractivity contribution in [3.8, 4) is 5.75 Å². The standard InChI is InChI=1S/C26H30FN3O3/c1-28-16-26(10-12-30(13-11-26)25(32)18-6-4-5-7-20(18)27)23-19-9-8-17(33-3)14-21(19)29(2)24(23)22(28)15-31/h4-9,14,22,31H,10-13,15-16H2,1-3H3/t22-/m0/s1. The number of likely N-dealkylation sites (tertiary alicyclic amines) is 1. The Morgan fingerprint density at radius 3 is 2.58 bits per heavy atom. The van der Waals surface area contributed by atoms with Gasteiger partial charge in [-0.1, -0.05) is 12.1 Å². The molecular weight excluding hydrogens is 421 g/mol. The number of ether oxygens (including phenoxy) is 1. The van der Waals surface area contributed by atoms with Gasteiger partial charge in [0.15, 0.2) is 0 Å². The number of benzene rings is 2. The highest BCUT2D eigenvalue weighted by atomic mass is 19.1. The monoisotopic (exact) mass is 451 g/mol. The fraction of sp³-hybridized carbons (Fsp3) is 0.423. The second-order valence-corrected chi connectivity index (χ2v) is 9.37. The Balaban J connectivity index is 1.55. The molecule has 2 aliphatic heterocycles. The molecule has 0 saturated carbocycles. The van der Waals surface area contributed by atoms with Crippen molar-refractivity contribution in [2.45, 2.75) is 24.3 Å². The molecule has 0 aliphatic carbocycles. The number of hydrogen-bond acceptors (Lipinski definition) is 4. The van der Waals surface area contributed by atoms with Gasteiger partial charge in [-0.3, -0.25) is 9.69 Å². The van der Waals surface area contributed by atoms with Crippen molar-refractivity contribution in [2.75, 3.05) is 40.4 Å². The topological polar surface area (TPSA) is 57.9 Å². The number of aliphatic hydroxyl groups excluding tert-OH is 1. The van der Waals surface area contributed by atoms with Gasteiger partial charge in [-0.2, -0.15) is 0 Å². The lowest BCUT2D eigenvalue weighted by Crippen LogP contribution is -2.53. The first kappa shape index (κ1) is 21.9. The van der Waals surface area contributed by atoms with Gasteiger partial charge in [-0.05, 0) is 49.7 Å². The highest BCUT2D eigenvalue weighted by Crippen LogP contribution is 2.49. The van der Waals surface area contributed by atoms with Crippen molar-refractivity contribution in [1.29, 1.82) is 0 Å². The smallest absolute Gasteiger partial charge is 0.256 e. The molecule has 5 rings (SSSR count). The predicted octanol–water partition coefficient (Wildman–Crippen LogP) is 3.48. The number of amides is 1. The van der Waals surface area contributed by atoms with Gasteiger partial charge in [0.2, 0.25) is 0 Å². The van der Waals surface area contributed by atoms with Crippen LogP contribution in [-0.4, -0.2) is 65.8 Å². The molecule has 2 aliphatic rings. The molecule has 1 aromatic heterocycles. The van der Waals surface area contributed by atoms with E-state index in [0.717, 1.165) is 36.3 Å². The molecule has 1 amide bonds. The van der Waals surface area contributed by atoms with Crippen molar-refractivity contribution in [2.24, 2.45) is 7.05 Å². The summed E-state index contributed by atoms with van der Waals surface area (Å²) in [7, 11) is 5.77. The Bertz CT molecular complexity index is 1210. The van der Waals surface area contributed by atoms with Gasteiger partial charge < -0.3 is 19.3 Å². The van der Waals surface area contributed by atoms with E-state index in [2.05, 4.69) is 22.6 Å². The van der Waals surface area contributed by atoms with Gasteiger partial charge in [-0.15, -0.1) is 0 Å². The summed E-state index contributed by atoms with van der Waals surface area (Å²) in [5, 5.41) is 11.4. The summed E-state index contributed by atoms with van der Waals surface area (Å²) in [6.07, 6.45) is 1.57. The zero-order chi connectivity index (χ0) is 23.3. The number of nitrogens with zero attached hydrogens (tertiary/aromatic N) is 3. The molecule has 3 aromatic rings. The fourth-order valence-electron chi connectivity index (χ4n) is 5.96. The third kappa shape index (κ3) is 3.33. The summed E-state index contributed by atoms with van der Waals surface area (Å²) >= 11 is 0. The van der Waals surface area contributed by atoms with E-state index in [0.29, 0.717) is 13.1 Å². The normalized spacial score (nSPS) is 20.3. The average molecular weight is 452 g/mol. The molecule has 0 radical (unpaired) electrons. The number of piperidine rings is 1. The molecule has 1 spiro atoms. The van der Waals surface area contributed by atoms with Crippen LogP contribution in [0.4, 0.5) is 4.39 Å². The minimum absolute atomic E-state index is 0.0404. The molecule has 6 nitrogen and oxygen atoms in total. The second kappa shape index (κ2) is 8.15. The molecule has 33 heavy (non-hydrogen) atoms. The molecule has 0 unspecified atom stereocenters. The molecule has 1 N–H and O–H groups in total. The van der Waals surface area contributed by atoms with Gasteiger partial charge in [-0.25, -0.2) is 4.39 Å². The van der Waals surface area contributed by atoms with Crippen LogP contribution in [0, 0.1) is 5.82 Å². The van der Waals surface area contributed by atoms with E-state index in [-0.39, 0.29) is 29.5 Å². The Morgan fingerprint density at radius 1 is 1.18 bits per heavy atom. The number of hydrogen-bond donors (Lipinski definition) is 1. The van der Waals surface area contributed by atoms with E-state index in [1.165, 1.54) is 17.0 Å². The highest BCUT2D eigenvalue weighted by Gasteiger charge is 2.47. The lowest BCUT2D eigenvalue weighted by atomic mass is 9.68. The molecular formula is C26H30FN3O3. The van der Waals surface area contributed by atoms with Gasteiger partial charge in [0.05, 0.1) is 30.8 Å². The van der Waals surface area contributed by atoms with Crippen LogP contribution in [0.25, 0.3) is 10.9 Å². The van der Waals surface area contributed by atoms with Crippen LogP contribution in [0.5, 0.6) is 5.75 Å². The minimum atomic E-state index is -0.476. The Kier molecular flexibility index (Phi) is 5.41. The third-order valence-electron chi connectivity index (χ3n) is 7.67. The number of fused-ring (bicyclic) bond motifs is 4. The van der Waals surface area contributed by atoms with Crippen LogP contribution in [0.3, 0.4) is 0 Å². The number of aliphatic hydroxyl groups is 1. The Labute approximate surface area is 193 Å². The van der Waals surface area contributed by atoms with Gasteiger partial charge in [0.1, 0.15) is 11.6 Å². The second-order valence-electron chi connectivity index (χ2n) is 9.37. The first-order valence-corrected chi connectivity index (χ1v) is 11.4. The van der Waals surface area contributed by atoms with Gasteiger partial charge in [0.25, 0.3) is 5.91 Å². The molecule has 1 saturated heterocycles. The summed E-state index contributed by atoms with van der Waals surface area (Å²) in [6.45, 7) is 1.98. The predicted molar refractivity (Wildman–Crippen MR) is 125 cm³/mol. The lowest BCUT2D eigenvalue weighted by molar-refractivity contribution is 0.0503. The first-order chi connectivity index (χ1) is 15.9. The summed E-state index contributed by atoms with van der Waals surface area (Å²) in [5.74, 6) is 0.0770. The van der Waals surface area contributed by atoms with Crippen molar-refractivity contribution in [1.82, 2.24) is 14.4 Å². The lowest BCUT2D eigenvalue weighted by Gasteiger charge is -2.49. The number of halogens is 1. The summed E-state index contributed by atoms with van der Waals surface area (Å²) in [4.78, 5) is 17.0. The van der Waals surface area contributed by atoms with Crippen LogP contribution in [0.1, 0.15) is 40.5 Å². The largest absolute Gasteiger partial charge is 0.497 e. The van der Waals surface area contributed by atoms with Crippen LogP contribution >= 0.6 is 0 Å². The van der Waals surface area contributed by atoms with Gasteiger partial charge in [0, 0.05) is 49.2 Å². The summed E-state index contributed by atoms with van der Waals surface area (Å²) in [5.41, 5.74) is 3.47. The number of carbonyl (C=O) groups excluding carboxylic acids is 1. The first-order valence-electron chi connectivity index (χ1n) is 11.4. The SMILES string of the molecule is COc1ccc2c3c(n(C)c2c1)[C@H](CO)N(C)CC31CCN(C(=O)c2ccccc2F)CC1. The molecule has 7 heteroatoms. The number of methoxy groups -OCH3 is 1. The van der Waals surface area contributed by atoms with Crippen LogP contribution < -0.4 is 4.74 Å². The number of rotatable bonds is 3. The fourth-order valence-corrected chi connectivity index (χ4v) is 5.96. The number of aryl methyl sites for hydroxylation is 1. The summed E-state index contributed by atoms with van der Waals surface area (Å²) in [6, 6.07) is 12.2. The van der Waals surface area contributed by atoms with Crippen molar-refractivity contribution in [3.05, 3.63) is 65.1 Å². The number of aromatic nitrogens is 1. The van der Waals surface area contributed by atoms with E-state index in [9.17, 15) is 14.3 Å². The van der Waals surface area contributed by atoms with Crippen LogP contribution in [0.2, 0.25) is 0 Å². The Hall–Kier alpha value is -2.90. The van der Waals surface area contributed by atoms with Crippen molar-refractivity contribution < 1.29 is 19.0 Å². The zero-order valence-electron chi connectivity index (χ0n) is 19.3. The average Bonchev–Trinajstić information content (AvgIpc) is 3.12. The van der Waals surface area contributed by atoms with Crippen molar-refractivity contribution >= 4 is 16.8 Å². The van der Waals surface area contributed by atoms with Crippen LogP contribution in [-0.2, 0) is 12.5 Å². The van der Waals surface area contributed by atoms with E-state index >= 15 is 0 Å². The van der Waals surface area contributed by atoms with E-state index in [1.807, 2.05) is 19.2 Å². The quantitative estimate of drug-likeness (QED) is 0.663. The molecule has 174 valence electrons. The number of likely N-dealkylation sites (N-methyl/N-ethyl adjacent to an activating group) is 1. The van der Waals surface area contributed by atoms with Gasteiger partial charge >= 0.3 is 0 Å². The summed E-state index contributed by atoms with van der Waals surface area (Å²) < 4.78 is 21.9. The van der Waals surface area contributed by atoms with E-state index in [1.54, 1.807) is 30.2 Å². The highest BCUT2D eigenvalue weighted by molar-refractivity contribution is 5.94. The molecule has 3 heterocycles. The molecule has 0 bridgehead atoms. The maximum absolute atomic E-state index is 14.2. The van der Waals surface area contributed by atoms with Crippen LogP contribution in [0.15, 0.2) is 42.5 Å². The third-order valence-corrected chi connectivity index (χ3v) is 7.67. The Morgan fingerprint density at radius 2 is 1.91 bits per heavy atom. The molecule has 1 atom stereocenters. The minimum Gasteiger partial charge on any atom is -0.497 e. The maximum atomic E-state index is 14.2.